The number of carbonyl (C=O) groups is 2. The Morgan fingerprint density at radius 3 is 2.86 bits per heavy atom. The van der Waals surface area contributed by atoms with Gasteiger partial charge in [0.1, 0.15) is 5.75 Å². The highest BCUT2D eigenvalue weighted by Crippen LogP contribution is 2.20. The van der Waals surface area contributed by atoms with Crippen LogP contribution in [0.2, 0.25) is 0 Å². The Hall–Kier alpha value is -2.38. The second kappa shape index (κ2) is 10.4. The van der Waals surface area contributed by atoms with Gasteiger partial charge in [-0.15, -0.1) is 0 Å². The lowest BCUT2D eigenvalue weighted by Gasteiger charge is -2.36. The zero-order chi connectivity index (χ0) is 20.6. The van der Waals surface area contributed by atoms with Gasteiger partial charge in [-0.05, 0) is 18.9 Å². The lowest BCUT2D eigenvalue weighted by molar-refractivity contribution is -0.140. The molecular formula is C22H31N3O4. The van der Waals surface area contributed by atoms with Crippen LogP contribution in [-0.2, 0) is 14.3 Å². The molecule has 2 amide bonds. The largest absolute Gasteiger partial charge is 0.496 e. The monoisotopic (exact) mass is 401 g/mol. The maximum atomic E-state index is 12.8. The van der Waals surface area contributed by atoms with E-state index in [9.17, 15) is 9.59 Å². The van der Waals surface area contributed by atoms with Gasteiger partial charge in [0, 0.05) is 51.5 Å². The number of hydrogen-bond donors (Lipinski definition) is 1. The topological polar surface area (TPSA) is 71.1 Å². The van der Waals surface area contributed by atoms with Crippen molar-refractivity contribution in [2.45, 2.75) is 31.3 Å². The summed E-state index contributed by atoms with van der Waals surface area (Å²) in [4.78, 5) is 29.2. The number of piperazine rings is 1. The van der Waals surface area contributed by atoms with Gasteiger partial charge in [-0.1, -0.05) is 30.4 Å². The Bertz CT molecular complexity index is 731. The lowest BCUT2D eigenvalue weighted by atomic mass is 10.0. The summed E-state index contributed by atoms with van der Waals surface area (Å²) in [5.41, 5.74) is 0.989. The molecule has 2 fully saturated rings. The summed E-state index contributed by atoms with van der Waals surface area (Å²) in [5, 5.41) is 2.90. The summed E-state index contributed by atoms with van der Waals surface area (Å²) in [6.45, 7) is 3.30. The highest BCUT2D eigenvalue weighted by atomic mass is 16.5. The summed E-state index contributed by atoms with van der Waals surface area (Å²) in [7, 11) is 3.49. The van der Waals surface area contributed by atoms with E-state index >= 15 is 0 Å². The van der Waals surface area contributed by atoms with Crippen LogP contribution in [0.1, 0.15) is 24.8 Å². The molecule has 1 atom stereocenters. The second-order valence-corrected chi connectivity index (χ2v) is 7.50. The number of ether oxygens (including phenoxy) is 2. The van der Waals surface area contributed by atoms with Crippen molar-refractivity contribution in [2.75, 3.05) is 47.0 Å². The van der Waals surface area contributed by atoms with Crippen LogP contribution in [0, 0.1) is 0 Å². The number of benzene rings is 1. The fourth-order valence-electron chi connectivity index (χ4n) is 3.91. The first kappa shape index (κ1) is 21.3. The molecule has 0 bridgehead atoms. The van der Waals surface area contributed by atoms with E-state index in [-0.39, 0.29) is 24.3 Å². The molecule has 2 aliphatic heterocycles. The third-order valence-corrected chi connectivity index (χ3v) is 5.72. The number of nitrogens with one attached hydrogen (secondary N) is 1. The third kappa shape index (κ3) is 5.58. The molecule has 29 heavy (non-hydrogen) atoms. The van der Waals surface area contributed by atoms with Crippen LogP contribution >= 0.6 is 0 Å². The van der Waals surface area contributed by atoms with E-state index in [0.717, 1.165) is 30.7 Å². The smallest absolute Gasteiger partial charge is 0.237 e. The average Bonchev–Trinajstić information content (AvgIpc) is 2.76. The first-order valence-corrected chi connectivity index (χ1v) is 10.2. The van der Waals surface area contributed by atoms with Crippen molar-refractivity contribution >= 4 is 17.9 Å². The van der Waals surface area contributed by atoms with Crippen LogP contribution in [0.15, 0.2) is 30.3 Å². The summed E-state index contributed by atoms with van der Waals surface area (Å²) in [5.74, 6) is 0.748. The second-order valence-electron chi connectivity index (χ2n) is 7.50. The molecule has 0 aliphatic carbocycles. The molecule has 1 aromatic carbocycles. The predicted octanol–water partition coefficient (Wildman–Crippen LogP) is 1.54. The maximum Gasteiger partial charge on any atom is 0.237 e. The average molecular weight is 402 g/mol. The molecule has 7 heteroatoms. The summed E-state index contributed by atoms with van der Waals surface area (Å²) in [6, 6.07) is 7.55. The first-order chi connectivity index (χ1) is 14.1. The zero-order valence-corrected chi connectivity index (χ0v) is 17.3. The van der Waals surface area contributed by atoms with E-state index < -0.39 is 6.04 Å². The summed E-state index contributed by atoms with van der Waals surface area (Å²) >= 11 is 0. The molecule has 1 aromatic rings. The Morgan fingerprint density at radius 2 is 2.10 bits per heavy atom. The van der Waals surface area contributed by atoms with Gasteiger partial charge in [-0.2, -0.15) is 0 Å². The Morgan fingerprint density at radius 1 is 1.34 bits per heavy atom. The maximum absolute atomic E-state index is 12.8. The van der Waals surface area contributed by atoms with E-state index in [4.69, 9.17) is 9.47 Å². The molecule has 3 rings (SSSR count). The number of rotatable bonds is 7. The summed E-state index contributed by atoms with van der Waals surface area (Å²) in [6.07, 6.45) is 5.92. The molecule has 2 aliphatic rings. The molecule has 0 saturated carbocycles. The van der Waals surface area contributed by atoms with Gasteiger partial charge >= 0.3 is 0 Å². The molecule has 0 aromatic heterocycles. The van der Waals surface area contributed by atoms with Crippen molar-refractivity contribution in [2.24, 2.45) is 0 Å². The van der Waals surface area contributed by atoms with Gasteiger partial charge in [0.15, 0.2) is 0 Å². The standard InChI is InChI=1S/C22H31N3O4/c1-24(18-9-14-29-15-10-18)21(26)16-19-22(27)23-11-13-25(19)12-5-7-17-6-3-4-8-20(17)28-2/h3-8,18-19H,9-16H2,1-2H3,(H,23,27)/b7-5+. The molecule has 2 saturated heterocycles. The van der Waals surface area contributed by atoms with E-state index in [1.807, 2.05) is 43.5 Å². The number of methoxy groups -OCH3 is 1. The number of para-hydroxylation sites is 1. The van der Waals surface area contributed by atoms with Gasteiger partial charge in [-0.3, -0.25) is 14.5 Å². The van der Waals surface area contributed by atoms with Crippen molar-refractivity contribution in [3.8, 4) is 5.75 Å². The third-order valence-electron chi connectivity index (χ3n) is 5.72. The van der Waals surface area contributed by atoms with Crippen molar-refractivity contribution < 1.29 is 19.1 Å². The predicted molar refractivity (Wildman–Crippen MR) is 112 cm³/mol. The molecule has 1 unspecified atom stereocenters. The Balaban J connectivity index is 1.61. The van der Waals surface area contributed by atoms with Crippen LogP contribution in [0.3, 0.4) is 0 Å². The molecule has 0 spiro atoms. The highest BCUT2D eigenvalue weighted by molar-refractivity contribution is 5.89. The van der Waals surface area contributed by atoms with Crippen molar-refractivity contribution in [3.05, 3.63) is 35.9 Å². The van der Waals surface area contributed by atoms with Crippen LogP contribution in [-0.4, -0.2) is 80.7 Å². The number of carbonyl (C=O) groups excluding carboxylic acids is 2. The summed E-state index contributed by atoms with van der Waals surface area (Å²) < 4.78 is 10.8. The van der Waals surface area contributed by atoms with Gasteiger partial charge in [0.05, 0.1) is 19.6 Å². The Kier molecular flexibility index (Phi) is 7.66. The van der Waals surface area contributed by atoms with Gasteiger partial charge in [0.25, 0.3) is 0 Å². The lowest BCUT2D eigenvalue weighted by Crippen LogP contribution is -2.57. The van der Waals surface area contributed by atoms with Gasteiger partial charge in [0.2, 0.25) is 11.8 Å². The van der Waals surface area contributed by atoms with Crippen molar-refractivity contribution in [3.63, 3.8) is 0 Å². The first-order valence-electron chi connectivity index (χ1n) is 10.2. The minimum atomic E-state index is -0.444. The SMILES string of the molecule is COc1ccccc1/C=C/CN1CCNC(=O)C1CC(=O)N(C)C1CCOCC1. The Labute approximate surface area is 172 Å². The molecule has 1 N–H and O–H groups in total. The van der Waals surface area contributed by atoms with Crippen LogP contribution < -0.4 is 10.1 Å². The van der Waals surface area contributed by atoms with E-state index in [1.54, 1.807) is 12.0 Å². The van der Waals surface area contributed by atoms with Crippen LogP contribution in [0.25, 0.3) is 6.08 Å². The zero-order valence-electron chi connectivity index (χ0n) is 17.3. The van der Waals surface area contributed by atoms with Gasteiger partial charge in [-0.25, -0.2) is 0 Å². The molecule has 7 nitrogen and oxygen atoms in total. The molecule has 158 valence electrons. The van der Waals surface area contributed by atoms with Crippen molar-refractivity contribution in [1.29, 1.82) is 0 Å². The quantitative estimate of drug-likeness (QED) is 0.750. The van der Waals surface area contributed by atoms with E-state index in [1.165, 1.54) is 0 Å². The van der Waals surface area contributed by atoms with E-state index in [0.29, 0.717) is 26.3 Å². The minimum absolute atomic E-state index is 0.0117. The molecule has 2 heterocycles. The number of hydrogen-bond acceptors (Lipinski definition) is 5. The number of amides is 2. The number of nitrogens with zero attached hydrogens (tertiary/aromatic N) is 2. The highest BCUT2D eigenvalue weighted by Gasteiger charge is 2.33. The minimum Gasteiger partial charge on any atom is -0.496 e. The molecular weight excluding hydrogens is 370 g/mol. The van der Waals surface area contributed by atoms with Crippen LogP contribution in [0.5, 0.6) is 5.75 Å². The van der Waals surface area contributed by atoms with Crippen LogP contribution in [0.4, 0.5) is 0 Å². The van der Waals surface area contributed by atoms with Gasteiger partial charge < -0.3 is 19.7 Å². The fraction of sp³-hybridized carbons (Fsp3) is 0.545. The fourth-order valence-corrected chi connectivity index (χ4v) is 3.91. The molecule has 0 radical (unpaired) electrons. The van der Waals surface area contributed by atoms with E-state index in [2.05, 4.69) is 10.2 Å². The van der Waals surface area contributed by atoms with Crippen molar-refractivity contribution in [1.82, 2.24) is 15.1 Å². The normalized spacial score (nSPS) is 21.2.